The van der Waals surface area contributed by atoms with Gasteiger partial charge >= 0.3 is 11.9 Å². The molecule has 12 heteroatoms. The third-order valence-corrected chi connectivity index (χ3v) is 7.06. The van der Waals surface area contributed by atoms with Gasteiger partial charge in [0.15, 0.2) is 0 Å². The summed E-state index contributed by atoms with van der Waals surface area (Å²) in [5, 5.41) is 18.5. The summed E-state index contributed by atoms with van der Waals surface area (Å²) in [4.78, 5) is 43.2. The van der Waals surface area contributed by atoms with Crippen LogP contribution in [-0.2, 0) is 28.6 Å². The lowest BCUT2D eigenvalue weighted by Crippen LogP contribution is -2.47. The molecule has 0 spiro atoms. The molecule has 12 nitrogen and oxygen atoms in total. The van der Waals surface area contributed by atoms with E-state index >= 15 is 0 Å². The first-order valence-electron chi connectivity index (χ1n) is 14.5. The molecule has 0 aromatic heterocycles. The van der Waals surface area contributed by atoms with Crippen molar-refractivity contribution in [3.05, 3.63) is 12.2 Å². The van der Waals surface area contributed by atoms with Crippen LogP contribution in [0.25, 0.3) is 0 Å². The van der Waals surface area contributed by atoms with Crippen LogP contribution in [0.3, 0.4) is 0 Å². The lowest BCUT2D eigenvalue weighted by Gasteiger charge is -2.32. The van der Waals surface area contributed by atoms with Crippen molar-refractivity contribution >= 4 is 17.7 Å². The molecule has 0 radical (unpaired) electrons. The van der Waals surface area contributed by atoms with Crippen LogP contribution in [-0.4, -0.2) is 166 Å². The van der Waals surface area contributed by atoms with Crippen LogP contribution in [0.4, 0.5) is 0 Å². The van der Waals surface area contributed by atoms with E-state index in [1.54, 1.807) is 0 Å². The van der Waals surface area contributed by atoms with Gasteiger partial charge in [-0.2, -0.15) is 0 Å². The fourth-order valence-electron chi connectivity index (χ4n) is 4.66. The largest absolute Gasteiger partial charge is 0.480 e. The molecule has 2 heterocycles. The second-order valence-electron chi connectivity index (χ2n) is 10.6. The molecule has 1 unspecified atom stereocenters. The van der Waals surface area contributed by atoms with E-state index in [9.17, 15) is 24.6 Å². The van der Waals surface area contributed by atoms with Crippen LogP contribution in [0.5, 0.6) is 0 Å². The number of Topliss-reactive ketones (excluding diaryl/α,β-unsaturated/α-hetero) is 1. The SMILES string of the molecule is CN1CCN(CC(=O)O)CCN(CC(=O)O)CCN(CC(=O)CCCOCCOCC2CC/C=C/CCO2)CC1. The van der Waals surface area contributed by atoms with E-state index < -0.39 is 11.9 Å². The van der Waals surface area contributed by atoms with Gasteiger partial charge in [-0.1, -0.05) is 12.2 Å². The number of carboxylic acid groups (broad SMARTS) is 2. The fraction of sp³-hybridized carbons (Fsp3) is 0.821. The van der Waals surface area contributed by atoms with E-state index in [-0.39, 0.29) is 25.0 Å². The van der Waals surface area contributed by atoms with Crippen LogP contribution in [0.1, 0.15) is 32.1 Å². The molecule has 0 saturated carbocycles. The zero-order chi connectivity index (χ0) is 29.0. The van der Waals surface area contributed by atoms with Crippen LogP contribution in [0.2, 0.25) is 0 Å². The average Bonchev–Trinajstić information content (AvgIpc) is 2.88. The van der Waals surface area contributed by atoms with E-state index in [1.807, 2.05) is 16.8 Å². The Balaban J connectivity index is 1.68. The van der Waals surface area contributed by atoms with Gasteiger partial charge in [-0.15, -0.1) is 0 Å². The predicted octanol–water partition coefficient (Wildman–Crippen LogP) is 0.515. The van der Waals surface area contributed by atoms with Gasteiger partial charge in [-0.25, -0.2) is 0 Å². The Morgan fingerprint density at radius 1 is 0.775 bits per heavy atom. The molecule has 2 aliphatic heterocycles. The number of hydrogen-bond donors (Lipinski definition) is 2. The van der Waals surface area contributed by atoms with Gasteiger partial charge in [-0.05, 0) is 32.7 Å². The zero-order valence-corrected chi connectivity index (χ0v) is 24.2. The molecule has 1 fully saturated rings. The maximum absolute atomic E-state index is 12.7. The molecule has 2 rings (SSSR count). The van der Waals surface area contributed by atoms with Crippen LogP contribution < -0.4 is 0 Å². The zero-order valence-electron chi connectivity index (χ0n) is 24.2. The Bertz CT molecular complexity index is 769. The molecule has 2 N–H and O–H groups in total. The minimum Gasteiger partial charge on any atom is -0.480 e. The smallest absolute Gasteiger partial charge is 0.317 e. The van der Waals surface area contributed by atoms with Crippen molar-refractivity contribution < 1.29 is 38.8 Å². The van der Waals surface area contributed by atoms with E-state index in [0.717, 1.165) is 32.4 Å². The molecule has 1 atom stereocenters. The molecule has 0 aliphatic carbocycles. The Morgan fingerprint density at radius 2 is 1.32 bits per heavy atom. The van der Waals surface area contributed by atoms with Crippen molar-refractivity contribution in [1.29, 1.82) is 0 Å². The highest BCUT2D eigenvalue weighted by molar-refractivity contribution is 5.80. The second-order valence-corrected chi connectivity index (χ2v) is 10.6. The average molecular weight is 571 g/mol. The van der Waals surface area contributed by atoms with Crippen molar-refractivity contribution in [2.45, 2.75) is 38.2 Å². The summed E-state index contributed by atoms with van der Waals surface area (Å²) in [6.45, 7) is 7.62. The monoisotopic (exact) mass is 570 g/mol. The summed E-state index contributed by atoms with van der Waals surface area (Å²) >= 11 is 0. The summed E-state index contributed by atoms with van der Waals surface area (Å²) in [5.41, 5.74) is 0. The number of ether oxygens (including phenoxy) is 3. The standard InChI is InChI=1S/C28H50N4O8/c1-29-9-11-30(13-14-32(23-28(36)37)16-15-31(12-10-29)22-27(34)35)21-25(33)7-6-17-38-19-20-39-24-26-8-4-2-3-5-18-40-26/h2-3,26H,4-24H2,1H3,(H,34,35)(H,36,37)/b3-2+. The first-order chi connectivity index (χ1) is 19.3. The van der Waals surface area contributed by atoms with E-state index in [1.165, 1.54) is 0 Å². The summed E-state index contributed by atoms with van der Waals surface area (Å²) in [6, 6.07) is 0. The number of rotatable bonds is 15. The molecular formula is C28H50N4O8. The highest BCUT2D eigenvalue weighted by Gasteiger charge is 2.19. The fourth-order valence-corrected chi connectivity index (χ4v) is 4.66. The van der Waals surface area contributed by atoms with Crippen molar-refractivity contribution in [3.8, 4) is 0 Å². The molecule has 0 aromatic rings. The lowest BCUT2D eigenvalue weighted by molar-refractivity contribution is -0.140. The molecule has 1 saturated heterocycles. The van der Waals surface area contributed by atoms with Gasteiger partial charge in [0, 0.05) is 65.4 Å². The minimum atomic E-state index is -0.921. The molecule has 0 bridgehead atoms. The Kier molecular flexibility index (Phi) is 17.9. The third-order valence-electron chi connectivity index (χ3n) is 7.06. The summed E-state index contributed by atoms with van der Waals surface area (Å²) in [6.07, 6.45) is 8.50. The summed E-state index contributed by atoms with van der Waals surface area (Å²) in [5.74, 6) is -1.67. The van der Waals surface area contributed by atoms with Crippen molar-refractivity contribution in [2.75, 3.05) is 112 Å². The van der Waals surface area contributed by atoms with Gasteiger partial charge in [-0.3, -0.25) is 29.1 Å². The number of carboxylic acids is 2. The molecule has 0 amide bonds. The number of nitrogens with zero attached hydrogens (tertiary/aromatic N) is 4. The van der Waals surface area contributed by atoms with Crippen molar-refractivity contribution in [2.24, 2.45) is 0 Å². The van der Waals surface area contributed by atoms with Gasteiger partial charge in [0.2, 0.25) is 0 Å². The second kappa shape index (κ2) is 20.9. The number of likely N-dealkylation sites (N-methyl/N-ethyl adjacent to an activating group) is 1. The molecule has 230 valence electrons. The van der Waals surface area contributed by atoms with Crippen LogP contribution in [0, 0.1) is 0 Å². The Morgan fingerprint density at radius 3 is 1.95 bits per heavy atom. The van der Waals surface area contributed by atoms with E-state index in [4.69, 9.17) is 14.2 Å². The predicted molar refractivity (Wildman–Crippen MR) is 151 cm³/mol. The molecule has 40 heavy (non-hydrogen) atoms. The molecular weight excluding hydrogens is 520 g/mol. The number of hydrogen-bond acceptors (Lipinski definition) is 10. The summed E-state index contributed by atoms with van der Waals surface area (Å²) < 4.78 is 17.1. The number of ketones is 1. The van der Waals surface area contributed by atoms with E-state index in [0.29, 0.717) is 91.6 Å². The minimum absolute atomic E-state index is 0.0699. The van der Waals surface area contributed by atoms with Gasteiger partial charge in [0.05, 0.1) is 52.2 Å². The van der Waals surface area contributed by atoms with Crippen LogP contribution in [0.15, 0.2) is 12.2 Å². The normalized spacial score (nSPS) is 22.5. The Hall–Kier alpha value is -1.93. The quantitative estimate of drug-likeness (QED) is 0.210. The highest BCUT2D eigenvalue weighted by atomic mass is 16.5. The first kappa shape index (κ1) is 34.3. The van der Waals surface area contributed by atoms with Crippen LogP contribution >= 0.6 is 0 Å². The summed E-state index contributed by atoms with van der Waals surface area (Å²) in [7, 11) is 1.99. The first-order valence-corrected chi connectivity index (χ1v) is 14.5. The van der Waals surface area contributed by atoms with Crippen molar-refractivity contribution in [1.82, 2.24) is 19.6 Å². The topological polar surface area (TPSA) is 132 Å². The van der Waals surface area contributed by atoms with Gasteiger partial charge in [0.25, 0.3) is 0 Å². The maximum atomic E-state index is 12.7. The molecule has 2 aliphatic rings. The van der Waals surface area contributed by atoms with Gasteiger partial charge in [0.1, 0.15) is 5.78 Å². The van der Waals surface area contributed by atoms with Crippen molar-refractivity contribution in [3.63, 3.8) is 0 Å². The number of carbonyl (C=O) groups is 3. The Labute approximate surface area is 238 Å². The highest BCUT2D eigenvalue weighted by Crippen LogP contribution is 2.09. The number of carbonyl (C=O) groups excluding carboxylic acids is 1. The molecule has 0 aromatic carbocycles. The third kappa shape index (κ3) is 17.0. The number of aliphatic carboxylic acids is 2. The maximum Gasteiger partial charge on any atom is 0.317 e. The van der Waals surface area contributed by atoms with Gasteiger partial charge < -0.3 is 29.3 Å². The number of allylic oxidation sites excluding steroid dienone is 1. The van der Waals surface area contributed by atoms with E-state index in [2.05, 4.69) is 22.0 Å². The lowest BCUT2D eigenvalue weighted by atomic mass is 10.1.